The molecule has 0 radical (unpaired) electrons. The number of para-hydroxylation sites is 1. The Bertz CT molecular complexity index is 1090. The number of amides is 2. The summed E-state index contributed by atoms with van der Waals surface area (Å²) in [6, 6.07) is 11.3. The summed E-state index contributed by atoms with van der Waals surface area (Å²) >= 11 is 1.14. The van der Waals surface area contributed by atoms with Crippen LogP contribution in [-0.4, -0.2) is 32.3 Å². The number of benzene rings is 2. The third-order valence-electron chi connectivity index (χ3n) is 4.03. The predicted molar refractivity (Wildman–Crippen MR) is 115 cm³/mol. The van der Waals surface area contributed by atoms with Gasteiger partial charge in [-0.2, -0.15) is 0 Å². The van der Waals surface area contributed by atoms with Crippen LogP contribution in [0.2, 0.25) is 0 Å². The molecule has 3 rings (SSSR count). The van der Waals surface area contributed by atoms with Crippen LogP contribution in [0.5, 0.6) is 0 Å². The van der Waals surface area contributed by atoms with Crippen molar-refractivity contribution in [3.63, 3.8) is 0 Å². The molecular formula is C21H19F2N5O2S. The van der Waals surface area contributed by atoms with Gasteiger partial charge in [-0.1, -0.05) is 30.0 Å². The van der Waals surface area contributed by atoms with Gasteiger partial charge in [0.1, 0.15) is 17.5 Å². The lowest BCUT2D eigenvalue weighted by atomic mass is 10.3. The lowest BCUT2D eigenvalue weighted by Crippen LogP contribution is -2.18. The normalized spacial score (nSPS) is 10.5. The Kier molecular flexibility index (Phi) is 7.50. The summed E-state index contributed by atoms with van der Waals surface area (Å²) in [6.45, 7) is 4.02. The Morgan fingerprint density at radius 3 is 2.48 bits per heavy atom. The van der Waals surface area contributed by atoms with E-state index in [-0.39, 0.29) is 23.8 Å². The molecule has 160 valence electrons. The van der Waals surface area contributed by atoms with Crippen molar-refractivity contribution in [2.24, 2.45) is 0 Å². The predicted octanol–water partition coefficient (Wildman–Crippen LogP) is 3.65. The largest absolute Gasteiger partial charge is 0.325 e. The zero-order valence-corrected chi connectivity index (χ0v) is 17.2. The average Bonchev–Trinajstić information content (AvgIpc) is 3.11. The van der Waals surface area contributed by atoms with Crippen LogP contribution in [0.1, 0.15) is 5.82 Å². The molecule has 1 aromatic heterocycles. The Balaban J connectivity index is 1.62. The lowest BCUT2D eigenvalue weighted by molar-refractivity contribution is -0.116. The van der Waals surface area contributed by atoms with Crippen molar-refractivity contribution in [2.75, 3.05) is 16.4 Å². The number of allylic oxidation sites excluding steroid dienone is 1. The standard InChI is InChI=1S/C21H19F2N5O2S/c1-2-11-28-18(12-19(29)25-17-6-4-3-5-16(17)23)26-27-21(28)31-13-20(30)24-15-9-7-14(22)8-10-15/h2-10H,1,11-13H2,(H,24,30)(H,25,29). The molecule has 0 aliphatic rings. The first kappa shape index (κ1) is 22.2. The summed E-state index contributed by atoms with van der Waals surface area (Å²) in [5.74, 6) is -1.29. The van der Waals surface area contributed by atoms with Gasteiger partial charge in [0.05, 0.1) is 17.9 Å². The fourth-order valence-electron chi connectivity index (χ4n) is 2.63. The maximum absolute atomic E-state index is 13.7. The first-order valence-electron chi connectivity index (χ1n) is 9.22. The van der Waals surface area contributed by atoms with Crippen LogP contribution in [0.25, 0.3) is 0 Å². The van der Waals surface area contributed by atoms with Crippen molar-refractivity contribution in [1.82, 2.24) is 14.8 Å². The molecule has 10 heteroatoms. The van der Waals surface area contributed by atoms with Crippen LogP contribution in [-0.2, 0) is 22.6 Å². The van der Waals surface area contributed by atoms with Gasteiger partial charge in [0.25, 0.3) is 0 Å². The topological polar surface area (TPSA) is 88.9 Å². The Hall–Kier alpha value is -3.53. The zero-order chi connectivity index (χ0) is 22.2. The van der Waals surface area contributed by atoms with E-state index in [1.165, 1.54) is 42.5 Å². The van der Waals surface area contributed by atoms with E-state index in [0.717, 1.165) is 11.8 Å². The fourth-order valence-corrected chi connectivity index (χ4v) is 3.40. The van der Waals surface area contributed by atoms with Crippen LogP contribution in [0.3, 0.4) is 0 Å². The molecule has 2 N–H and O–H groups in total. The summed E-state index contributed by atoms with van der Waals surface area (Å²) in [5.41, 5.74) is 0.555. The third kappa shape index (κ3) is 6.22. The molecule has 0 bridgehead atoms. The minimum atomic E-state index is -0.535. The summed E-state index contributed by atoms with van der Waals surface area (Å²) in [6.07, 6.45) is 1.49. The Morgan fingerprint density at radius 1 is 1.03 bits per heavy atom. The fraction of sp³-hybridized carbons (Fsp3) is 0.143. The minimum Gasteiger partial charge on any atom is -0.325 e. The molecule has 7 nitrogen and oxygen atoms in total. The molecule has 3 aromatic rings. The number of halogens is 2. The highest BCUT2D eigenvalue weighted by molar-refractivity contribution is 7.99. The highest BCUT2D eigenvalue weighted by Crippen LogP contribution is 2.19. The number of carbonyl (C=O) groups excluding carboxylic acids is 2. The van der Waals surface area contributed by atoms with Crippen molar-refractivity contribution in [3.8, 4) is 0 Å². The first-order valence-corrected chi connectivity index (χ1v) is 10.2. The monoisotopic (exact) mass is 443 g/mol. The number of thioether (sulfide) groups is 1. The molecule has 31 heavy (non-hydrogen) atoms. The van der Waals surface area contributed by atoms with Gasteiger partial charge in [-0.25, -0.2) is 8.78 Å². The second-order valence-electron chi connectivity index (χ2n) is 6.35. The van der Waals surface area contributed by atoms with Gasteiger partial charge in [-0.15, -0.1) is 16.8 Å². The van der Waals surface area contributed by atoms with E-state index in [1.807, 2.05) is 0 Å². The summed E-state index contributed by atoms with van der Waals surface area (Å²) in [7, 11) is 0. The van der Waals surface area contributed by atoms with Gasteiger partial charge in [0.15, 0.2) is 5.16 Å². The lowest BCUT2D eigenvalue weighted by Gasteiger charge is -2.09. The molecule has 0 saturated carbocycles. The number of carbonyl (C=O) groups is 2. The number of nitrogens with one attached hydrogen (secondary N) is 2. The second kappa shape index (κ2) is 10.5. The molecule has 0 atom stereocenters. The molecule has 0 saturated heterocycles. The van der Waals surface area contributed by atoms with Crippen molar-refractivity contribution >= 4 is 35.0 Å². The van der Waals surface area contributed by atoms with Crippen LogP contribution < -0.4 is 10.6 Å². The molecule has 0 aliphatic heterocycles. The first-order chi connectivity index (χ1) is 15.0. The summed E-state index contributed by atoms with van der Waals surface area (Å²) in [5, 5.41) is 13.7. The average molecular weight is 443 g/mol. The van der Waals surface area contributed by atoms with Crippen LogP contribution in [0, 0.1) is 11.6 Å². The van der Waals surface area contributed by atoms with Crippen molar-refractivity contribution in [2.45, 2.75) is 18.1 Å². The Morgan fingerprint density at radius 2 is 1.77 bits per heavy atom. The van der Waals surface area contributed by atoms with E-state index in [0.29, 0.717) is 23.2 Å². The number of aromatic nitrogens is 3. The second-order valence-corrected chi connectivity index (χ2v) is 7.29. The van der Waals surface area contributed by atoms with Crippen molar-refractivity contribution < 1.29 is 18.4 Å². The summed E-state index contributed by atoms with van der Waals surface area (Å²) < 4.78 is 28.3. The van der Waals surface area contributed by atoms with E-state index in [1.54, 1.807) is 16.7 Å². The van der Waals surface area contributed by atoms with E-state index in [2.05, 4.69) is 27.4 Å². The molecule has 1 heterocycles. The van der Waals surface area contributed by atoms with E-state index in [4.69, 9.17) is 0 Å². The minimum absolute atomic E-state index is 0.0358. The number of hydrogen-bond acceptors (Lipinski definition) is 5. The molecule has 0 spiro atoms. The molecule has 2 amide bonds. The van der Waals surface area contributed by atoms with Gasteiger partial charge in [-0.3, -0.25) is 9.59 Å². The van der Waals surface area contributed by atoms with Crippen LogP contribution >= 0.6 is 11.8 Å². The number of anilines is 2. The quantitative estimate of drug-likeness (QED) is 0.389. The van der Waals surface area contributed by atoms with Crippen LogP contribution in [0.4, 0.5) is 20.2 Å². The van der Waals surface area contributed by atoms with Crippen molar-refractivity contribution in [1.29, 1.82) is 0 Å². The Labute approximate surface area is 181 Å². The van der Waals surface area contributed by atoms with Gasteiger partial charge in [0.2, 0.25) is 11.8 Å². The molecule has 2 aromatic carbocycles. The maximum atomic E-state index is 13.7. The van der Waals surface area contributed by atoms with E-state index in [9.17, 15) is 18.4 Å². The molecule has 0 unspecified atom stereocenters. The molecule has 0 fully saturated rings. The maximum Gasteiger partial charge on any atom is 0.234 e. The summed E-state index contributed by atoms with van der Waals surface area (Å²) in [4.78, 5) is 24.5. The number of nitrogens with zero attached hydrogens (tertiary/aromatic N) is 3. The van der Waals surface area contributed by atoms with Gasteiger partial charge in [-0.05, 0) is 36.4 Å². The third-order valence-corrected chi connectivity index (χ3v) is 5.00. The molecule has 0 aliphatic carbocycles. The zero-order valence-electron chi connectivity index (χ0n) is 16.3. The van der Waals surface area contributed by atoms with Crippen molar-refractivity contribution in [3.05, 3.63) is 78.6 Å². The van der Waals surface area contributed by atoms with Gasteiger partial charge < -0.3 is 15.2 Å². The highest BCUT2D eigenvalue weighted by Gasteiger charge is 2.17. The molecular weight excluding hydrogens is 424 g/mol. The van der Waals surface area contributed by atoms with Gasteiger partial charge in [0, 0.05) is 12.2 Å². The number of hydrogen-bond donors (Lipinski definition) is 2. The number of rotatable bonds is 9. The van der Waals surface area contributed by atoms with E-state index < -0.39 is 17.5 Å². The van der Waals surface area contributed by atoms with E-state index >= 15 is 0 Å². The SMILES string of the molecule is C=CCn1c(CC(=O)Nc2ccccc2F)nnc1SCC(=O)Nc1ccc(F)cc1. The van der Waals surface area contributed by atoms with Crippen LogP contribution in [0.15, 0.2) is 66.3 Å². The highest BCUT2D eigenvalue weighted by atomic mass is 32.2. The smallest absolute Gasteiger partial charge is 0.234 e. The van der Waals surface area contributed by atoms with Gasteiger partial charge >= 0.3 is 0 Å².